The molecule has 0 aromatic carbocycles. The molecule has 0 atom stereocenters. The smallest absolute Gasteiger partial charge is 0.144 e. The van der Waals surface area contributed by atoms with Gasteiger partial charge in [-0.3, -0.25) is 0 Å². The summed E-state index contributed by atoms with van der Waals surface area (Å²) in [6, 6.07) is 4.26. The molecule has 1 aromatic rings. The Kier molecular flexibility index (Phi) is 5.82. The van der Waals surface area contributed by atoms with Crippen LogP contribution < -0.4 is 5.32 Å². The van der Waals surface area contributed by atoms with Crippen molar-refractivity contribution in [1.82, 2.24) is 4.98 Å². The second-order valence-electron chi connectivity index (χ2n) is 5.37. The van der Waals surface area contributed by atoms with Crippen molar-refractivity contribution in [3.05, 3.63) is 22.9 Å². The highest BCUT2D eigenvalue weighted by molar-refractivity contribution is 5.54. The summed E-state index contributed by atoms with van der Waals surface area (Å²) in [5.41, 5.74) is 3.08. The number of hydrogen-bond acceptors (Lipinski definition) is 4. The lowest BCUT2D eigenvalue weighted by molar-refractivity contribution is 0.283. The first-order valence-corrected chi connectivity index (χ1v) is 7.63. The third-order valence-electron chi connectivity index (χ3n) is 3.80. The predicted octanol–water partition coefficient (Wildman–Crippen LogP) is 2.80. The zero-order valence-corrected chi connectivity index (χ0v) is 12.0. The summed E-state index contributed by atoms with van der Waals surface area (Å²) in [7, 11) is 0. The predicted molar refractivity (Wildman–Crippen MR) is 79.6 cm³/mol. The SMILES string of the molecule is N#Cc1cc2c(nc1NCCCCCCO)CCCC2. The molecule has 0 aliphatic heterocycles. The van der Waals surface area contributed by atoms with Gasteiger partial charge in [0, 0.05) is 18.8 Å². The molecule has 4 nitrogen and oxygen atoms in total. The Morgan fingerprint density at radius 3 is 2.80 bits per heavy atom. The van der Waals surface area contributed by atoms with Gasteiger partial charge in [-0.25, -0.2) is 4.98 Å². The van der Waals surface area contributed by atoms with Crippen molar-refractivity contribution in [2.75, 3.05) is 18.5 Å². The van der Waals surface area contributed by atoms with Crippen LogP contribution in [0.4, 0.5) is 5.82 Å². The number of fused-ring (bicyclic) bond motifs is 1. The number of nitrogens with one attached hydrogen (secondary N) is 1. The van der Waals surface area contributed by atoms with Crippen LogP contribution in [0.15, 0.2) is 6.07 Å². The van der Waals surface area contributed by atoms with Crippen LogP contribution in [0.3, 0.4) is 0 Å². The molecular formula is C16H23N3O. The van der Waals surface area contributed by atoms with E-state index in [1.165, 1.54) is 18.4 Å². The number of unbranched alkanes of at least 4 members (excludes halogenated alkanes) is 3. The van der Waals surface area contributed by atoms with Gasteiger partial charge in [0.05, 0.1) is 5.56 Å². The zero-order chi connectivity index (χ0) is 14.2. The molecule has 0 saturated heterocycles. The third kappa shape index (κ3) is 3.94. The van der Waals surface area contributed by atoms with Crippen LogP contribution in [0.25, 0.3) is 0 Å². The van der Waals surface area contributed by atoms with E-state index in [1.807, 2.05) is 6.07 Å². The van der Waals surface area contributed by atoms with Crippen LogP contribution in [-0.2, 0) is 12.8 Å². The average Bonchev–Trinajstić information content (AvgIpc) is 2.50. The number of rotatable bonds is 7. The molecule has 1 aliphatic carbocycles. The van der Waals surface area contributed by atoms with Gasteiger partial charge in [-0.1, -0.05) is 12.8 Å². The summed E-state index contributed by atoms with van der Waals surface area (Å²) in [5.74, 6) is 0.746. The molecule has 4 heteroatoms. The first kappa shape index (κ1) is 14.8. The molecule has 1 aliphatic rings. The Hall–Kier alpha value is -1.60. The van der Waals surface area contributed by atoms with Crippen molar-refractivity contribution < 1.29 is 5.11 Å². The van der Waals surface area contributed by atoms with Gasteiger partial charge in [0.2, 0.25) is 0 Å². The maximum atomic E-state index is 9.23. The van der Waals surface area contributed by atoms with E-state index < -0.39 is 0 Å². The first-order chi connectivity index (χ1) is 9.85. The Labute approximate surface area is 120 Å². The van der Waals surface area contributed by atoms with E-state index in [0.29, 0.717) is 5.56 Å². The van der Waals surface area contributed by atoms with E-state index in [1.54, 1.807) is 0 Å². The van der Waals surface area contributed by atoms with Gasteiger partial charge in [0.25, 0.3) is 0 Å². The summed E-state index contributed by atoms with van der Waals surface area (Å²) >= 11 is 0. The largest absolute Gasteiger partial charge is 0.396 e. The molecule has 2 N–H and O–H groups in total. The van der Waals surface area contributed by atoms with Gasteiger partial charge in [0.15, 0.2) is 0 Å². The normalized spacial score (nSPS) is 13.6. The zero-order valence-electron chi connectivity index (χ0n) is 12.0. The number of aliphatic hydroxyl groups excluding tert-OH is 1. The minimum Gasteiger partial charge on any atom is -0.396 e. The van der Waals surface area contributed by atoms with E-state index in [9.17, 15) is 5.26 Å². The molecule has 1 aromatic heterocycles. The number of nitrogens with zero attached hydrogens (tertiary/aromatic N) is 2. The quantitative estimate of drug-likeness (QED) is 0.750. The topological polar surface area (TPSA) is 68.9 Å². The fourth-order valence-electron chi connectivity index (χ4n) is 2.65. The molecule has 20 heavy (non-hydrogen) atoms. The van der Waals surface area contributed by atoms with Crippen molar-refractivity contribution in [1.29, 1.82) is 5.26 Å². The summed E-state index contributed by atoms with van der Waals surface area (Å²) < 4.78 is 0. The standard InChI is InChI=1S/C16H23N3O/c17-12-14-11-13-7-3-4-8-15(13)19-16(14)18-9-5-1-2-6-10-20/h11,20H,1-10H2,(H,18,19). The van der Waals surface area contributed by atoms with Crippen LogP contribution in [-0.4, -0.2) is 23.2 Å². The molecule has 0 radical (unpaired) electrons. The maximum absolute atomic E-state index is 9.23. The second kappa shape index (κ2) is 7.86. The number of aromatic nitrogens is 1. The van der Waals surface area contributed by atoms with E-state index in [-0.39, 0.29) is 6.61 Å². The summed E-state index contributed by atoms with van der Waals surface area (Å²) in [6.45, 7) is 1.12. The van der Waals surface area contributed by atoms with Crippen molar-refractivity contribution in [3.8, 4) is 6.07 Å². The van der Waals surface area contributed by atoms with Gasteiger partial charge in [-0.15, -0.1) is 0 Å². The number of hydrogen-bond donors (Lipinski definition) is 2. The van der Waals surface area contributed by atoms with Crippen LogP contribution in [0.2, 0.25) is 0 Å². The lowest BCUT2D eigenvalue weighted by atomic mass is 9.95. The molecular weight excluding hydrogens is 250 g/mol. The van der Waals surface area contributed by atoms with E-state index in [0.717, 1.165) is 56.6 Å². The van der Waals surface area contributed by atoms with Crippen LogP contribution in [0, 0.1) is 11.3 Å². The monoisotopic (exact) mass is 273 g/mol. The number of aliphatic hydroxyl groups is 1. The summed E-state index contributed by atoms with van der Waals surface area (Å²) in [6.07, 6.45) is 8.57. The first-order valence-electron chi connectivity index (χ1n) is 7.63. The third-order valence-corrected chi connectivity index (χ3v) is 3.80. The highest BCUT2D eigenvalue weighted by atomic mass is 16.2. The van der Waals surface area contributed by atoms with E-state index in [4.69, 9.17) is 5.11 Å². The van der Waals surface area contributed by atoms with Gasteiger partial charge >= 0.3 is 0 Å². The molecule has 2 rings (SSSR count). The van der Waals surface area contributed by atoms with Gasteiger partial charge in [-0.05, 0) is 50.2 Å². The Morgan fingerprint density at radius 2 is 2.00 bits per heavy atom. The van der Waals surface area contributed by atoms with Gasteiger partial charge in [-0.2, -0.15) is 5.26 Å². The molecule has 0 amide bonds. The van der Waals surface area contributed by atoms with Gasteiger partial charge < -0.3 is 10.4 Å². The van der Waals surface area contributed by atoms with Crippen molar-refractivity contribution >= 4 is 5.82 Å². The fraction of sp³-hybridized carbons (Fsp3) is 0.625. The summed E-state index contributed by atoms with van der Waals surface area (Å²) in [4.78, 5) is 4.64. The van der Waals surface area contributed by atoms with Crippen molar-refractivity contribution in [2.45, 2.75) is 51.4 Å². The number of nitriles is 1. The fourth-order valence-corrected chi connectivity index (χ4v) is 2.65. The lowest BCUT2D eigenvalue weighted by Gasteiger charge is -2.17. The molecule has 0 fully saturated rings. The number of aryl methyl sites for hydroxylation is 2. The molecule has 0 spiro atoms. The summed E-state index contributed by atoms with van der Waals surface area (Å²) in [5, 5.41) is 21.2. The minimum atomic E-state index is 0.276. The van der Waals surface area contributed by atoms with Gasteiger partial charge in [0.1, 0.15) is 11.9 Å². The molecule has 1 heterocycles. The minimum absolute atomic E-state index is 0.276. The Bertz CT molecular complexity index is 479. The molecule has 108 valence electrons. The average molecular weight is 273 g/mol. The molecule has 0 bridgehead atoms. The Balaban J connectivity index is 1.91. The van der Waals surface area contributed by atoms with E-state index in [2.05, 4.69) is 16.4 Å². The Morgan fingerprint density at radius 1 is 1.20 bits per heavy atom. The van der Waals surface area contributed by atoms with E-state index >= 15 is 0 Å². The maximum Gasteiger partial charge on any atom is 0.144 e. The highest BCUT2D eigenvalue weighted by Gasteiger charge is 2.14. The lowest BCUT2D eigenvalue weighted by Crippen LogP contribution is -2.11. The highest BCUT2D eigenvalue weighted by Crippen LogP contribution is 2.24. The second-order valence-corrected chi connectivity index (χ2v) is 5.37. The van der Waals surface area contributed by atoms with Crippen molar-refractivity contribution in [2.24, 2.45) is 0 Å². The van der Waals surface area contributed by atoms with Crippen LogP contribution >= 0.6 is 0 Å². The van der Waals surface area contributed by atoms with Crippen LogP contribution in [0.5, 0.6) is 0 Å². The molecule has 0 unspecified atom stereocenters. The number of anilines is 1. The molecule has 0 saturated carbocycles. The number of pyridine rings is 1. The van der Waals surface area contributed by atoms with Crippen molar-refractivity contribution in [3.63, 3.8) is 0 Å². The van der Waals surface area contributed by atoms with Crippen LogP contribution in [0.1, 0.15) is 55.3 Å².